The molecule has 1 aliphatic rings. The van der Waals surface area contributed by atoms with Crippen LogP contribution in [0, 0.1) is 10.1 Å². The van der Waals surface area contributed by atoms with Crippen molar-refractivity contribution in [1.29, 1.82) is 0 Å². The average molecular weight is 368 g/mol. The number of nitrogens with zero attached hydrogens (tertiary/aromatic N) is 6. The summed E-state index contributed by atoms with van der Waals surface area (Å²) in [5.74, 6) is 0. The molecule has 0 bridgehead atoms. The smallest absolute Gasteiger partial charge is 0.269 e. The van der Waals surface area contributed by atoms with E-state index in [1.165, 1.54) is 6.07 Å². The van der Waals surface area contributed by atoms with Crippen molar-refractivity contribution in [3.05, 3.63) is 58.1 Å². The highest BCUT2D eigenvalue weighted by Gasteiger charge is 2.33. The molecule has 8 heteroatoms. The second-order valence-corrected chi connectivity index (χ2v) is 6.38. The maximum atomic E-state index is 11.1. The van der Waals surface area contributed by atoms with E-state index in [9.17, 15) is 10.1 Å². The lowest BCUT2D eigenvalue weighted by Crippen LogP contribution is -2.32. The zero-order chi connectivity index (χ0) is 19.6. The first-order chi connectivity index (χ1) is 13.0. The molecular weight excluding hydrogens is 344 g/mol. The van der Waals surface area contributed by atoms with Gasteiger partial charge >= 0.3 is 0 Å². The zero-order valence-corrected chi connectivity index (χ0v) is 16.0. The lowest BCUT2D eigenvalue weighted by Gasteiger charge is -2.23. The van der Waals surface area contributed by atoms with Crippen molar-refractivity contribution in [2.75, 3.05) is 37.1 Å². The van der Waals surface area contributed by atoms with E-state index in [2.05, 4.69) is 29.0 Å². The molecule has 0 fully saturated rings. The topological polar surface area (TPSA) is 77.6 Å². The largest absolute Gasteiger partial charge is 0.372 e. The number of benzene rings is 2. The Bertz CT molecular complexity index is 848. The van der Waals surface area contributed by atoms with Crippen LogP contribution in [0.2, 0.25) is 0 Å². The molecule has 0 saturated carbocycles. The molecule has 1 atom stereocenters. The van der Waals surface area contributed by atoms with Crippen LogP contribution >= 0.6 is 0 Å². The van der Waals surface area contributed by atoms with Gasteiger partial charge in [0, 0.05) is 50.6 Å². The van der Waals surface area contributed by atoms with Crippen molar-refractivity contribution >= 4 is 22.7 Å². The number of rotatable bonds is 6. The van der Waals surface area contributed by atoms with E-state index in [4.69, 9.17) is 0 Å². The summed E-state index contributed by atoms with van der Waals surface area (Å²) in [7, 11) is 3.79. The van der Waals surface area contributed by atoms with E-state index in [0.29, 0.717) is 0 Å². The minimum atomic E-state index is -0.396. The van der Waals surface area contributed by atoms with Crippen LogP contribution < -0.4 is 9.91 Å². The molecule has 0 radical (unpaired) electrons. The molecule has 8 nitrogen and oxygen atoms in total. The summed E-state index contributed by atoms with van der Waals surface area (Å²) in [4.78, 5) is 13.0. The van der Waals surface area contributed by atoms with Gasteiger partial charge in [0.25, 0.3) is 5.69 Å². The molecule has 1 aliphatic heterocycles. The highest BCUT2D eigenvalue weighted by molar-refractivity contribution is 5.61. The quantitative estimate of drug-likeness (QED) is 0.425. The minimum Gasteiger partial charge on any atom is -0.372 e. The molecule has 2 aromatic carbocycles. The Balaban J connectivity index is 1.85. The van der Waals surface area contributed by atoms with Gasteiger partial charge < -0.3 is 9.91 Å². The predicted octanol–water partition coefficient (Wildman–Crippen LogP) is 4.52. The average Bonchev–Trinajstić information content (AvgIpc) is 2.92. The monoisotopic (exact) mass is 368 g/mol. The van der Waals surface area contributed by atoms with Gasteiger partial charge in [-0.2, -0.15) is 15.2 Å². The van der Waals surface area contributed by atoms with Crippen molar-refractivity contribution < 1.29 is 4.92 Å². The minimum absolute atomic E-state index is 0.0567. The first kappa shape index (κ1) is 18.8. The van der Waals surface area contributed by atoms with Gasteiger partial charge in [0.05, 0.1) is 16.3 Å². The van der Waals surface area contributed by atoms with E-state index >= 15 is 0 Å². The van der Waals surface area contributed by atoms with Crippen molar-refractivity contribution in [2.24, 2.45) is 10.2 Å². The fraction of sp³-hybridized carbons (Fsp3) is 0.368. The van der Waals surface area contributed by atoms with Gasteiger partial charge in [0.1, 0.15) is 0 Å². The number of hydrogen-bond donors (Lipinski definition) is 0. The highest BCUT2D eigenvalue weighted by atomic mass is 16.6. The number of hydrogen-bond acceptors (Lipinski definition) is 7. The van der Waals surface area contributed by atoms with E-state index in [0.717, 1.165) is 35.7 Å². The third kappa shape index (κ3) is 3.61. The number of nitro groups is 1. The summed E-state index contributed by atoms with van der Waals surface area (Å²) in [6.07, 6.45) is -0.396. The molecule has 0 spiro atoms. The maximum absolute atomic E-state index is 11.1. The van der Waals surface area contributed by atoms with Gasteiger partial charge in [-0.1, -0.05) is 0 Å². The van der Waals surface area contributed by atoms with Crippen LogP contribution in [0.15, 0.2) is 52.7 Å². The summed E-state index contributed by atoms with van der Waals surface area (Å²) in [5.41, 5.74) is 3.63. The van der Waals surface area contributed by atoms with Crippen LogP contribution in [0.4, 0.5) is 22.7 Å². The highest BCUT2D eigenvalue weighted by Crippen LogP contribution is 2.41. The van der Waals surface area contributed by atoms with Crippen LogP contribution in [-0.2, 0) is 0 Å². The Kier molecular flexibility index (Phi) is 5.36. The Labute approximate surface area is 158 Å². The van der Waals surface area contributed by atoms with Crippen molar-refractivity contribution in [2.45, 2.75) is 20.0 Å². The molecular formula is C19H24N6O2. The van der Waals surface area contributed by atoms with Crippen molar-refractivity contribution in [3.8, 4) is 0 Å². The maximum Gasteiger partial charge on any atom is 0.269 e. The molecule has 0 amide bonds. The number of fused-ring (bicyclic) bond motifs is 1. The number of anilines is 2. The second kappa shape index (κ2) is 7.71. The summed E-state index contributed by atoms with van der Waals surface area (Å²) < 4.78 is 0. The molecule has 2 aromatic rings. The van der Waals surface area contributed by atoms with Gasteiger partial charge in [-0.15, -0.1) is 0 Å². The molecule has 1 heterocycles. The molecule has 142 valence electrons. The van der Waals surface area contributed by atoms with E-state index in [-0.39, 0.29) is 5.69 Å². The van der Waals surface area contributed by atoms with Gasteiger partial charge in [-0.25, -0.2) is 0 Å². The Hall–Kier alpha value is -3.00. The molecule has 0 unspecified atom stereocenters. The van der Waals surface area contributed by atoms with Crippen LogP contribution in [-0.4, -0.2) is 37.1 Å². The first-order valence-corrected chi connectivity index (χ1v) is 8.97. The van der Waals surface area contributed by atoms with Crippen LogP contribution in [0.3, 0.4) is 0 Å². The fourth-order valence-corrected chi connectivity index (χ4v) is 3.27. The third-order valence-electron chi connectivity index (χ3n) is 4.94. The normalized spacial score (nSPS) is 16.7. The Morgan fingerprint density at radius 3 is 2.37 bits per heavy atom. The lowest BCUT2D eigenvalue weighted by molar-refractivity contribution is -0.384. The van der Waals surface area contributed by atoms with Gasteiger partial charge in [0.15, 0.2) is 6.17 Å². The van der Waals surface area contributed by atoms with Crippen LogP contribution in [0.25, 0.3) is 0 Å². The summed E-state index contributed by atoms with van der Waals surface area (Å²) >= 11 is 0. The van der Waals surface area contributed by atoms with Gasteiger partial charge in [0.2, 0.25) is 0 Å². The summed E-state index contributed by atoms with van der Waals surface area (Å²) in [6.45, 7) is 6.15. The molecule has 0 aliphatic carbocycles. The number of azo groups is 1. The lowest BCUT2D eigenvalue weighted by atomic mass is 10.1. The van der Waals surface area contributed by atoms with E-state index < -0.39 is 11.1 Å². The van der Waals surface area contributed by atoms with E-state index in [1.807, 2.05) is 48.4 Å². The Morgan fingerprint density at radius 1 is 1.11 bits per heavy atom. The molecule has 27 heavy (non-hydrogen) atoms. The standard InChI is InChI=1S/C19H24N6O2/c1-5-24(6-2)15-9-7-14(8-10-15)20-21-19-17-13-16(25(26)27)11-12-18(17)22(3)23(19)4/h7-13,19H,5-6H2,1-4H3/t19-/m0/s1. The molecule has 0 saturated heterocycles. The SMILES string of the molecule is CCN(CC)c1ccc(N=N[C@@H]2c3cc([N+](=O)[O-])ccc3N(C)N2C)cc1. The van der Waals surface area contributed by atoms with E-state index in [1.54, 1.807) is 12.1 Å². The van der Waals surface area contributed by atoms with Crippen molar-refractivity contribution in [3.63, 3.8) is 0 Å². The van der Waals surface area contributed by atoms with Crippen LogP contribution in [0.1, 0.15) is 25.6 Å². The number of nitro benzene ring substituents is 1. The van der Waals surface area contributed by atoms with Gasteiger partial charge in [-0.05, 0) is 44.2 Å². The molecule has 3 rings (SSSR count). The van der Waals surface area contributed by atoms with Crippen molar-refractivity contribution in [1.82, 2.24) is 5.01 Å². The van der Waals surface area contributed by atoms with Gasteiger partial charge in [-0.3, -0.25) is 10.1 Å². The van der Waals surface area contributed by atoms with Crippen LogP contribution in [0.5, 0.6) is 0 Å². The fourth-order valence-electron chi connectivity index (χ4n) is 3.27. The summed E-state index contributed by atoms with van der Waals surface area (Å²) in [5, 5.41) is 23.8. The Morgan fingerprint density at radius 2 is 1.78 bits per heavy atom. The summed E-state index contributed by atoms with van der Waals surface area (Å²) in [6, 6.07) is 12.8. The molecule has 0 N–H and O–H groups in total. The predicted molar refractivity (Wildman–Crippen MR) is 107 cm³/mol. The number of hydrazine groups is 1. The zero-order valence-electron chi connectivity index (χ0n) is 16.0. The second-order valence-electron chi connectivity index (χ2n) is 6.38. The molecule has 0 aromatic heterocycles. The number of non-ortho nitro benzene ring substituents is 1. The third-order valence-corrected chi connectivity index (χ3v) is 4.94. The first-order valence-electron chi connectivity index (χ1n) is 8.97.